The second-order valence-corrected chi connectivity index (χ2v) is 7.12. The van der Waals surface area contributed by atoms with Crippen LogP contribution in [0.25, 0.3) is 0 Å². The second-order valence-electron chi connectivity index (χ2n) is 5.87. The van der Waals surface area contributed by atoms with Gasteiger partial charge in [0.15, 0.2) is 0 Å². The highest BCUT2D eigenvalue weighted by molar-refractivity contribution is 8.01. The van der Waals surface area contributed by atoms with E-state index in [4.69, 9.17) is 5.73 Å². The summed E-state index contributed by atoms with van der Waals surface area (Å²) in [6.07, 6.45) is 3.15. The first-order chi connectivity index (χ1) is 9.70. The molecular formula is C16H23ClN2OS. The molecule has 0 aliphatic carbocycles. The summed E-state index contributed by atoms with van der Waals surface area (Å²) in [5, 5.41) is 0.0479. The van der Waals surface area contributed by atoms with Gasteiger partial charge < -0.3 is 10.6 Å². The fraction of sp³-hybridized carbons (Fsp3) is 0.562. The number of amides is 1. The second kappa shape index (κ2) is 7.03. The van der Waals surface area contributed by atoms with Crippen molar-refractivity contribution in [3.05, 3.63) is 29.8 Å². The highest BCUT2D eigenvalue weighted by Gasteiger charge is 2.37. The van der Waals surface area contributed by atoms with Crippen LogP contribution < -0.4 is 5.73 Å². The largest absolute Gasteiger partial charge is 0.337 e. The molecule has 3 nitrogen and oxygen atoms in total. The standard InChI is InChI=1S/C16H22N2OS.ClH/c1-11-5-4-8-18(13(11)10-17)16(19)15-9-12-6-2-3-7-14(12)20-15;/h2-3,6-7,11,13,15H,4-5,8-10,17H2,1H3;1H. The average Bonchev–Trinajstić information content (AvgIpc) is 2.90. The van der Waals surface area contributed by atoms with Crippen molar-refractivity contribution in [2.45, 2.75) is 42.4 Å². The monoisotopic (exact) mass is 326 g/mol. The van der Waals surface area contributed by atoms with Crippen LogP contribution >= 0.6 is 24.2 Å². The van der Waals surface area contributed by atoms with E-state index in [-0.39, 0.29) is 29.6 Å². The number of nitrogens with two attached hydrogens (primary N) is 1. The number of fused-ring (bicyclic) bond motifs is 1. The van der Waals surface area contributed by atoms with E-state index >= 15 is 0 Å². The summed E-state index contributed by atoms with van der Waals surface area (Å²) >= 11 is 1.72. The predicted molar refractivity (Wildman–Crippen MR) is 90.0 cm³/mol. The minimum atomic E-state index is 0. The van der Waals surface area contributed by atoms with E-state index in [9.17, 15) is 4.79 Å². The molecule has 0 radical (unpaired) electrons. The number of rotatable bonds is 2. The van der Waals surface area contributed by atoms with Gasteiger partial charge in [0, 0.05) is 24.0 Å². The number of thioether (sulfide) groups is 1. The molecule has 0 aromatic heterocycles. The summed E-state index contributed by atoms with van der Waals surface area (Å²) in [7, 11) is 0. The molecule has 3 unspecified atom stereocenters. The van der Waals surface area contributed by atoms with Crippen LogP contribution in [0.5, 0.6) is 0 Å². The SMILES string of the molecule is CC1CCCN(C(=O)C2Cc3ccccc3S2)C1CN.Cl. The van der Waals surface area contributed by atoms with Gasteiger partial charge in [-0.25, -0.2) is 0 Å². The predicted octanol–water partition coefficient (Wildman–Crippen LogP) is 2.71. The Kier molecular flexibility index (Phi) is 5.58. The van der Waals surface area contributed by atoms with Gasteiger partial charge >= 0.3 is 0 Å². The van der Waals surface area contributed by atoms with Crippen molar-refractivity contribution in [3.63, 3.8) is 0 Å². The molecule has 2 N–H and O–H groups in total. The van der Waals surface area contributed by atoms with Crippen LogP contribution in [-0.2, 0) is 11.2 Å². The molecule has 1 aromatic rings. The quantitative estimate of drug-likeness (QED) is 0.909. The van der Waals surface area contributed by atoms with Crippen molar-refractivity contribution in [1.82, 2.24) is 4.90 Å². The number of hydrogen-bond donors (Lipinski definition) is 1. The number of likely N-dealkylation sites (tertiary alicyclic amines) is 1. The maximum absolute atomic E-state index is 12.8. The molecule has 116 valence electrons. The van der Waals surface area contributed by atoms with Crippen LogP contribution in [0.4, 0.5) is 0 Å². The molecule has 2 aliphatic heterocycles. The van der Waals surface area contributed by atoms with E-state index in [0.717, 1.165) is 19.4 Å². The van der Waals surface area contributed by atoms with Crippen molar-refractivity contribution in [3.8, 4) is 0 Å². The van der Waals surface area contributed by atoms with E-state index in [0.29, 0.717) is 12.5 Å². The van der Waals surface area contributed by atoms with Gasteiger partial charge in [-0.3, -0.25) is 4.79 Å². The molecule has 5 heteroatoms. The lowest BCUT2D eigenvalue weighted by Crippen LogP contribution is -2.53. The van der Waals surface area contributed by atoms with Gasteiger partial charge in [-0.05, 0) is 36.8 Å². The Labute approximate surface area is 137 Å². The van der Waals surface area contributed by atoms with Crippen LogP contribution in [0, 0.1) is 5.92 Å². The van der Waals surface area contributed by atoms with Crippen molar-refractivity contribution < 1.29 is 4.79 Å². The third-order valence-corrected chi connectivity index (χ3v) is 5.87. The fourth-order valence-corrected chi connectivity index (χ4v) is 4.65. The summed E-state index contributed by atoms with van der Waals surface area (Å²) in [4.78, 5) is 16.2. The summed E-state index contributed by atoms with van der Waals surface area (Å²) in [5.74, 6) is 0.805. The minimum Gasteiger partial charge on any atom is -0.337 e. The molecule has 3 rings (SSSR count). The zero-order chi connectivity index (χ0) is 14.1. The molecule has 2 heterocycles. The number of carbonyl (C=O) groups is 1. The van der Waals surface area contributed by atoms with Gasteiger partial charge in [0.1, 0.15) is 0 Å². The van der Waals surface area contributed by atoms with Crippen molar-refractivity contribution in [2.24, 2.45) is 11.7 Å². The Morgan fingerprint density at radius 2 is 2.19 bits per heavy atom. The first kappa shape index (κ1) is 16.7. The Bertz CT molecular complexity index is 486. The Balaban J connectivity index is 0.00000161. The van der Waals surface area contributed by atoms with Crippen molar-refractivity contribution in [1.29, 1.82) is 0 Å². The maximum atomic E-state index is 12.8. The van der Waals surface area contributed by atoms with E-state index in [1.807, 2.05) is 6.07 Å². The van der Waals surface area contributed by atoms with Crippen LogP contribution in [0.1, 0.15) is 25.3 Å². The first-order valence-corrected chi connectivity index (χ1v) is 8.33. The van der Waals surface area contributed by atoms with E-state index in [1.54, 1.807) is 11.8 Å². The number of benzene rings is 1. The summed E-state index contributed by atoms with van der Waals surface area (Å²) < 4.78 is 0. The van der Waals surface area contributed by atoms with Crippen LogP contribution in [-0.4, -0.2) is 35.2 Å². The van der Waals surface area contributed by atoms with Gasteiger partial charge in [0.25, 0.3) is 0 Å². The third kappa shape index (κ3) is 3.22. The topological polar surface area (TPSA) is 46.3 Å². The number of halogens is 1. The van der Waals surface area contributed by atoms with Crippen molar-refractivity contribution >= 4 is 30.1 Å². The minimum absolute atomic E-state index is 0. The molecule has 0 spiro atoms. The molecule has 1 saturated heterocycles. The van der Waals surface area contributed by atoms with Crippen LogP contribution in [0.2, 0.25) is 0 Å². The van der Waals surface area contributed by atoms with Crippen LogP contribution in [0.15, 0.2) is 29.2 Å². The Morgan fingerprint density at radius 1 is 1.43 bits per heavy atom. The smallest absolute Gasteiger partial charge is 0.236 e. The highest BCUT2D eigenvalue weighted by atomic mass is 35.5. The highest BCUT2D eigenvalue weighted by Crippen LogP contribution is 2.38. The number of carbonyl (C=O) groups excluding carboxylic acids is 1. The molecule has 0 saturated carbocycles. The Hall–Kier alpha value is -0.710. The summed E-state index contributed by atoms with van der Waals surface area (Å²) in [5.41, 5.74) is 7.21. The molecule has 3 atom stereocenters. The van der Waals surface area contributed by atoms with Crippen LogP contribution in [0.3, 0.4) is 0 Å². The summed E-state index contributed by atoms with van der Waals surface area (Å²) in [6, 6.07) is 8.57. The molecule has 1 aromatic carbocycles. The third-order valence-electron chi connectivity index (χ3n) is 4.56. The van der Waals surface area contributed by atoms with Gasteiger partial charge in [-0.1, -0.05) is 25.1 Å². The molecule has 1 amide bonds. The number of nitrogens with zero attached hydrogens (tertiary/aromatic N) is 1. The zero-order valence-electron chi connectivity index (χ0n) is 12.3. The number of piperidine rings is 1. The van der Waals surface area contributed by atoms with E-state index in [2.05, 4.69) is 30.0 Å². The average molecular weight is 327 g/mol. The zero-order valence-corrected chi connectivity index (χ0v) is 14.0. The van der Waals surface area contributed by atoms with Gasteiger partial charge in [0.2, 0.25) is 5.91 Å². The lowest BCUT2D eigenvalue weighted by atomic mass is 9.90. The maximum Gasteiger partial charge on any atom is 0.236 e. The lowest BCUT2D eigenvalue weighted by molar-refractivity contribution is -0.135. The van der Waals surface area contributed by atoms with Gasteiger partial charge in [-0.2, -0.15) is 0 Å². The molecule has 21 heavy (non-hydrogen) atoms. The van der Waals surface area contributed by atoms with E-state index in [1.165, 1.54) is 16.9 Å². The van der Waals surface area contributed by atoms with E-state index < -0.39 is 0 Å². The summed E-state index contributed by atoms with van der Waals surface area (Å²) in [6.45, 7) is 3.67. The number of hydrogen-bond acceptors (Lipinski definition) is 3. The molecule has 2 aliphatic rings. The lowest BCUT2D eigenvalue weighted by Gasteiger charge is -2.40. The van der Waals surface area contributed by atoms with Crippen molar-refractivity contribution in [2.75, 3.05) is 13.1 Å². The molecular weight excluding hydrogens is 304 g/mol. The normalized spacial score (nSPS) is 27.9. The van der Waals surface area contributed by atoms with Gasteiger partial charge in [0.05, 0.1) is 5.25 Å². The fourth-order valence-electron chi connectivity index (χ4n) is 3.39. The Morgan fingerprint density at radius 3 is 2.90 bits per heavy atom. The molecule has 0 bridgehead atoms. The molecule has 1 fully saturated rings. The van der Waals surface area contributed by atoms with Gasteiger partial charge in [-0.15, -0.1) is 24.2 Å². The first-order valence-electron chi connectivity index (χ1n) is 7.46.